The van der Waals surface area contributed by atoms with Crippen molar-refractivity contribution in [3.05, 3.63) is 23.8 Å². The molecule has 0 aliphatic heterocycles. The molecule has 0 spiro atoms. The van der Waals surface area contributed by atoms with Crippen LogP contribution in [0, 0.1) is 34.5 Å². The zero-order chi connectivity index (χ0) is 25.6. The molecule has 194 valence electrons. The lowest BCUT2D eigenvalue weighted by Crippen LogP contribution is -2.62. The van der Waals surface area contributed by atoms with E-state index in [2.05, 4.69) is 13.8 Å². The number of hydrogen-bond acceptors (Lipinski definition) is 8. The van der Waals surface area contributed by atoms with Crippen LogP contribution in [0.4, 0.5) is 4.79 Å². The largest absolute Gasteiger partial charge is 0.508 e. The SMILES string of the molecule is C[C@H]1C[C@@H]2[C@H]([C@@H](O)C[C@@]3(C)[C@H]2CC[C@]3(O)C(=O)COC(=O)OCCCCN)[C@@]2(C)C=CC(=O)C=C12. The first-order valence-corrected chi connectivity index (χ1v) is 12.9. The van der Waals surface area contributed by atoms with E-state index in [1.807, 2.05) is 13.0 Å². The van der Waals surface area contributed by atoms with Gasteiger partial charge in [0, 0.05) is 16.7 Å². The highest BCUT2D eigenvalue weighted by molar-refractivity contribution is 6.01. The van der Waals surface area contributed by atoms with Crippen molar-refractivity contribution in [1.82, 2.24) is 0 Å². The molecular weight excluding hydrogens is 450 g/mol. The molecule has 4 rings (SSSR count). The molecule has 8 heteroatoms. The molecule has 0 saturated heterocycles. The van der Waals surface area contributed by atoms with Gasteiger partial charge < -0.3 is 25.4 Å². The number of allylic oxidation sites excluding steroid dienone is 4. The van der Waals surface area contributed by atoms with E-state index in [4.69, 9.17) is 15.2 Å². The van der Waals surface area contributed by atoms with E-state index in [1.54, 1.807) is 12.2 Å². The van der Waals surface area contributed by atoms with Crippen LogP contribution in [0.3, 0.4) is 0 Å². The van der Waals surface area contributed by atoms with Gasteiger partial charge in [-0.15, -0.1) is 0 Å². The molecule has 0 amide bonds. The number of hydrogen-bond donors (Lipinski definition) is 3. The zero-order valence-electron chi connectivity index (χ0n) is 21.0. The molecule has 3 fully saturated rings. The van der Waals surface area contributed by atoms with Gasteiger partial charge in [-0.25, -0.2) is 4.79 Å². The summed E-state index contributed by atoms with van der Waals surface area (Å²) < 4.78 is 9.98. The second kappa shape index (κ2) is 9.45. The van der Waals surface area contributed by atoms with E-state index in [-0.39, 0.29) is 48.9 Å². The number of Topliss-reactive ketones (excluding diaryl/α,β-unsaturated/α-hetero) is 1. The van der Waals surface area contributed by atoms with E-state index >= 15 is 0 Å². The Labute approximate surface area is 206 Å². The van der Waals surface area contributed by atoms with Gasteiger partial charge in [0.2, 0.25) is 5.78 Å². The van der Waals surface area contributed by atoms with Gasteiger partial charge in [-0.2, -0.15) is 0 Å². The van der Waals surface area contributed by atoms with Gasteiger partial charge in [-0.1, -0.05) is 32.4 Å². The Hall–Kier alpha value is -2.03. The van der Waals surface area contributed by atoms with Crippen LogP contribution < -0.4 is 5.73 Å². The summed E-state index contributed by atoms with van der Waals surface area (Å²) >= 11 is 0. The third-order valence-electron chi connectivity index (χ3n) is 9.57. The molecule has 0 unspecified atom stereocenters. The fourth-order valence-corrected chi connectivity index (χ4v) is 7.90. The number of ketones is 2. The number of ether oxygens (including phenoxy) is 2. The van der Waals surface area contributed by atoms with Gasteiger partial charge in [-0.3, -0.25) is 9.59 Å². The molecule has 0 bridgehead atoms. The first-order chi connectivity index (χ1) is 16.5. The number of rotatable bonds is 7. The fraction of sp³-hybridized carbons (Fsp3) is 0.741. The molecule has 4 aliphatic carbocycles. The molecule has 35 heavy (non-hydrogen) atoms. The van der Waals surface area contributed by atoms with Crippen LogP contribution in [0.5, 0.6) is 0 Å². The van der Waals surface area contributed by atoms with Gasteiger partial charge in [-0.05, 0) is 75.0 Å². The van der Waals surface area contributed by atoms with Crippen molar-refractivity contribution < 1.29 is 34.1 Å². The Kier molecular flexibility index (Phi) is 7.03. The minimum absolute atomic E-state index is 0.0170. The van der Waals surface area contributed by atoms with Gasteiger partial charge in [0.05, 0.1) is 12.7 Å². The minimum atomic E-state index is -1.69. The summed E-state index contributed by atoms with van der Waals surface area (Å²) in [4.78, 5) is 37.2. The van der Waals surface area contributed by atoms with Crippen LogP contribution in [0.2, 0.25) is 0 Å². The number of unbranched alkanes of at least 4 members (excludes halogenated alkanes) is 1. The Bertz CT molecular complexity index is 944. The average molecular weight is 490 g/mol. The Morgan fingerprint density at radius 3 is 2.69 bits per heavy atom. The number of fused-ring (bicyclic) bond motifs is 5. The molecule has 0 aromatic heterocycles. The predicted octanol–water partition coefficient (Wildman–Crippen LogP) is 2.70. The lowest BCUT2D eigenvalue weighted by Gasteiger charge is -2.60. The molecule has 3 saturated carbocycles. The summed E-state index contributed by atoms with van der Waals surface area (Å²) in [5, 5.41) is 23.2. The standard InChI is InChI=1S/C27H39NO7/c1-16-12-18-19-7-9-27(33,22(31)15-35-24(32)34-11-5-4-10-28)26(19,3)14-21(30)23(18)25(2)8-6-17(29)13-20(16)25/h6,8,13,16,18-19,21,23,30,33H,4-5,7,9-12,14-15,28H2,1-3H3/t16-,18-,19-,21-,23+,25-,26-,27-/m0/s1. The van der Waals surface area contributed by atoms with Crippen molar-refractivity contribution in [2.45, 2.75) is 71.0 Å². The van der Waals surface area contributed by atoms with Crippen LogP contribution in [-0.4, -0.2) is 59.4 Å². The second-order valence-corrected chi connectivity index (χ2v) is 11.4. The summed E-state index contributed by atoms with van der Waals surface area (Å²) in [6.45, 7) is 6.21. The monoisotopic (exact) mass is 489 g/mol. The first-order valence-electron chi connectivity index (χ1n) is 12.9. The molecule has 8 nitrogen and oxygen atoms in total. The summed E-state index contributed by atoms with van der Waals surface area (Å²) in [7, 11) is 0. The summed E-state index contributed by atoms with van der Waals surface area (Å²) in [5.41, 5.74) is 3.52. The van der Waals surface area contributed by atoms with E-state index in [0.717, 1.165) is 18.4 Å². The normalized spacial score (nSPS) is 41.9. The van der Waals surface area contributed by atoms with Gasteiger partial charge >= 0.3 is 6.16 Å². The summed E-state index contributed by atoms with van der Waals surface area (Å²) in [6, 6.07) is 0. The number of carbonyl (C=O) groups is 3. The molecular formula is C27H39NO7. The third-order valence-corrected chi connectivity index (χ3v) is 9.57. The molecule has 0 radical (unpaired) electrons. The van der Waals surface area contributed by atoms with Crippen LogP contribution in [0.15, 0.2) is 23.8 Å². The topological polar surface area (TPSA) is 136 Å². The van der Waals surface area contributed by atoms with Gasteiger partial charge in [0.25, 0.3) is 0 Å². The smallest absolute Gasteiger partial charge is 0.434 e. The van der Waals surface area contributed by atoms with E-state index < -0.39 is 41.1 Å². The van der Waals surface area contributed by atoms with Crippen LogP contribution in [-0.2, 0) is 19.1 Å². The quantitative estimate of drug-likeness (QED) is 0.367. The number of aliphatic hydroxyl groups is 2. The zero-order valence-corrected chi connectivity index (χ0v) is 21.0. The third kappa shape index (κ3) is 4.17. The van der Waals surface area contributed by atoms with Crippen molar-refractivity contribution in [3.8, 4) is 0 Å². The molecule has 0 heterocycles. The maximum atomic E-state index is 13.2. The Balaban J connectivity index is 1.51. The second-order valence-electron chi connectivity index (χ2n) is 11.4. The lowest BCUT2D eigenvalue weighted by atomic mass is 9.45. The number of carbonyl (C=O) groups excluding carboxylic acids is 3. The van der Waals surface area contributed by atoms with Crippen molar-refractivity contribution >= 4 is 17.7 Å². The Morgan fingerprint density at radius 2 is 1.97 bits per heavy atom. The van der Waals surface area contributed by atoms with Crippen molar-refractivity contribution in [2.75, 3.05) is 19.8 Å². The molecule has 8 atom stereocenters. The van der Waals surface area contributed by atoms with Crippen LogP contribution >= 0.6 is 0 Å². The summed E-state index contributed by atoms with van der Waals surface area (Å²) in [5.74, 6) is -0.382. The molecule has 4 aliphatic rings. The van der Waals surface area contributed by atoms with Crippen molar-refractivity contribution in [2.24, 2.45) is 40.2 Å². The maximum Gasteiger partial charge on any atom is 0.508 e. The molecule has 0 aromatic carbocycles. The van der Waals surface area contributed by atoms with Crippen LogP contribution in [0.1, 0.15) is 59.3 Å². The van der Waals surface area contributed by atoms with Crippen molar-refractivity contribution in [3.63, 3.8) is 0 Å². The van der Waals surface area contributed by atoms with E-state index in [1.165, 1.54) is 0 Å². The highest BCUT2D eigenvalue weighted by Gasteiger charge is 2.68. The highest BCUT2D eigenvalue weighted by Crippen LogP contribution is 2.67. The van der Waals surface area contributed by atoms with Crippen LogP contribution in [0.25, 0.3) is 0 Å². The number of aliphatic hydroxyl groups excluding tert-OH is 1. The first kappa shape index (κ1) is 26.0. The fourth-order valence-electron chi connectivity index (χ4n) is 7.90. The molecule has 4 N–H and O–H groups in total. The number of nitrogens with two attached hydrogens (primary N) is 1. The Morgan fingerprint density at radius 1 is 1.23 bits per heavy atom. The van der Waals surface area contributed by atoms with E-state index in [9.17, 15) is 24.6 Å². The average Bonchev–Trinajstić information content (AvgIpc) is 3.07. The maximum absolute atomic E-state index is 13.2. The predicted molar refractivity (Wildman–Crippen MR) is 128 cm³/mol. The molecule has 0 aromatic rings. The highest BCUT2D eigenvalue weighted by atomic mass is 16.7. The van der Waals surface area contributed by atoms with Crippen molar-refractivity contribution in [1.29, 1.82) is 0 Å². The summed E-state index contributed by atoms with van der Waals surface area (Å²) in [6.07, 6.45) is 6.90. The van der Waals surface area contributed by atoms with E-state index in [0.29, 0.717) is 19.4 Å². The lowest BCUT2D eigenvalue weighted by molar-refractivity contribution is -0.180. The minimum Gasteiger partial charge on any atom is -0.434 e. The van der Waals surface area contributed by atoms with Gasteiger partial charge in [0.1, 0.15) is 5.60 Å². The van der Waals surface area contributed by atoms with Gasteiger partial charge in [0.15, 0.2) is 12.4 Å².